The van der Waals surface area contributed by atoms with Gasteiger partial charge in [-0.3, -0.25) is 5.01 Å². The summed E-state index contributed by atoms with van der Waals surface area (Å²) in [7, 11) is 1.65. The number of nitrogens with zero attached hydrogens (tertiary/aromatic N) is 2. The predicted octanol–water partition coefficient (Wildman–Crippen LogP) is 5.19. The lowest BCUT2D eigenvalue weighted by molar-refractivity contribution is 0.415. The largest absolute Gasteiger partial charge is 0.497 e. The smallest absolute Gasteiger partial charge is 0.128 e. The zero-order valence-electron chi connectivity index (χ0n) is 14.5. The molecule has 0 aromatic heterocycles. The minimum absolute atomic E-state index is 0.171. The van der Waals surface area contributed by atoms with Crippen LogP contribution in [0.5, 0.6) is 5.75 Å². The van der Waals surface area contributed by atoms with E-state index in [0.717, 1.165) is 22.7 Å². The maximum Gasteiger partial charge on any atom is 0.128 e. The Labute approximate surface area is 152 Å². The van der Waals surface area contributed by atoms with Crippen molar-refractivity contribution in [3.05, 3.63) is 95.8 Å². The van der Waals surface area contributed by atoms with Crippen LogP contribution < -0.4 is 9.75 Å². The van der Waals surface area contributed by atoms with E-state index in [2.05, 4.69) is 0 Å². The highest BCUT2D eigenvalue weighted by Gasteiger charge is 2.31. The highest BCUT2D eigenvalue weighted by molar-refractivity contribution is 6.03. The summed E-state index contributed by atoms with van der Waals surface area (Å²) in [6.45, 7) is 0. The molecule has 1 aliphatic rings. The number of ether oxygens (including phenoxy) is 1. The van der Waals surface area contributed by atoms with Crippen LogP contribution in [0.1, 0.15) is 23.6 Å². The van der Waals surface area contributed by atoms with Crippen molar-refractivity contribution in [2.24, 2.45) is 5.10 Å². The maximum absolute atomic E-state index is 14.5. The van der Waals surface area contributed by atoms with E-state index in [0.29, 0.717) is 12.0 Å². The van der Waals surface area contributed by atoms with Crippen LogP contribution >= 0.6 is 0 Å². The third kappa shape index (κ3) is 3.06. The molecule has 0 bridgehead atoms. The molecule has 3 aromatic carbocycles. The Balaban J connectivity index is 1.74. The Morgan fingerprint density at radius 2 is 1.62 bits per heavy atom. The van der Waals surface area contributed by atoms with Crippen LogP contribution in [-0.4, -0.2) is 12.8 Å². The van der Waals surface area contributed by atoms with Crippen LogP contribution in [0.15, 0.2) is 84.0 Å². The van der Waals surface area contributed by atoms with E-state index in [1.165, 1.54) is 6.07 Å². The molecule has 1 atom stereocenters. The maximum atomic E-state index is 14.5. The Hall–Kier alpha value is -3.14. The third-order valence-corrected chi connectivity index (χ3v) is 4.62. The molecule has 0 saturated carbocycles. The van der Waals surface area contributed by atoms with Crippen molar-refractivity contribution in [2.45, 2.75) is 12.5 Å². The summed E-state index contributed by atoms with van der Waals surface area (Å²) in [4.78, 5) is 0. The number of rotatable bonds is 4. The first-order valence-electron chi connectivity index (χ1n) is 8.57. The van der Waals surface area contributed by atoms with Gasteiger partial charge in [0.2, 0.25) is 0 Å². The Morgan fingerprint density at radius 1 is 0.923 bits per heavy atom. The van der Waals surface area contributed by atoms with Crippen molar-refractivity contribution in [3.63, 3.8) is 0 Å². The van der Waals surface area contributed by atoms with E-state index in [-0.39, 0.29) is 11.9 Å². The normalized spacial score (nSPS) is 16.5. The molecule has 4 heteroatoms. The lowest BCUT2D eigenvalue weighted by atomic mass is 9.97. The van der Waals surface area contributed by atoms with E-state index in [4.69, 9.17) is 9.84 Å². The molecule has 0 radical (unpaired) electrons. The molecule has 3 aromatic rings. The molecule has 0 spiro atoms. The number of hydrazone groups is 1. The van der Waals surface area contributed by atoms with Gasteiger partial charge in [-0.2, -0.15) is 5.10 Å². The zero-order valence-corrected chi connectivity index (χ0v) is 14.5. The van der Waals surface area contributed by atoms with Crippen LogP contribution in [0.4, 0.5) is 10.1 Å². The minimum Gasteiger partial charge on any atom is -0.497 e. The predicted molar refractivity (Wildman–Crippen MR) is 102 cm³/mol. The van der Waals surface area contributed by atoms with Gasteiger partial charge in [0, 0.05) is 12.0 Å². The molecule has 0 aliphatic carbocycles. The van der Waals surface area contributed by atoms with Crippen LogP contribution in [-0.2, 0) is 0 Å². The molecule has 1 heterocycles. The van der Waals surface area contributed by atoms with Gasteiger partial charge >= 0.3 is 0 Å². The van der Waals surface area contributed by atoms with Crippen LogP contribution in [0.25, 0.3) is 0 Å². The molecule has 26 heavy (non-hydrogen) atoms. The molecule has 1 aliphatic heterocycles. The highest BCUT2D eigenvalue weighted by Crippen LogP contribution is 2.37. The lowest BCUT2D eigenvalue weighted by Gasteiger charge is -2.24. The van der Waals surface area contributed by atoms with Crippen molar-refractivity contribution < 1.29 is 9.13 Å². The van der Waals surface area contributed by atoms with E-state index < -0.39 is 0 Å². The fourth-order valence-electron chi connectivity index (χ4n) is 3.27. The van der Waals surface area contributed by atoms with Gasteiger partial charge in [-0.05, 0) is 48.0 Å². The first kappa shape index (κ1) is 16.3. The summed E-state index contributed by atoms with van der Waals surface area (Å²) in [5.74, 6) is 0.600. The second kappa shape index (κ2) is 7.00. The fraction of sp³-hybridized carbons (Fsp3) is 0.136. The van der Waals surface area contributed by atoms with Gasteiger partial charge in [-0.25, -0.2) is 4.39 Å². The number of benzene rings is 3. The molecule has 0 fully saturated rings. The van der Waals surface area contributed by atoms with E-state index in [1.807, 2.05) is 71.7 Å². The average molecular weight is 346 g/mol. The molecule has 0 unspecified atom stereocenters. The van der Waals surface area contributed by atoms with Crippen LogP contribution in [0, 0.1) is 5.82 Å². The van der Waals surface area contributed by atoms with Gasteiger partial charge < -0.3 is 4.74 Å². The molecule has 0 saturated heterocycles. The van der Waals surface area contributed by atoms with Crippen molar-refractivity contribution in [1.29, 1.82) is 0 Å². The molecule has 4 rings (SSSR count). The topological polar surface area (TPSA) is 24.8 Å². The van der Waals surface area contributed by atoms with Crippen molar-refractivity contribution in [2.75, 3.05) is 12.1 Å². The highest BCUT2D eigenvalue weighted by atomic mass is 19.1. The summed E-state index contributed by atoms with van der Waals surface area (Å²) in [5, 5.41) is 6.74. The van der Waals surface area contributed by atoms with Gasteiger partial charge in [0.1, 0.15) is 11.6 Å². The summed E-state index contributed by atoms with van der Waals surface area (Å²) in [6.07, 6.45) is 0.641. The molecular formula is C22H19FN2O. The van der Waals surface area contributed by atoms with E-state index in [9.17, 15) is 4.39 Å². The van der Waals surface area contributed by atoms with E-state index in [1.54, 1.807) is 13.2 Å². The van der Waals surface area contributed by atoms with E-state index >= 15 is 0 Å². The van der Waals surface area contributed by atoms with Gasteiger partial charge in [-0.1, -0.05) is 36.4 Å². The van der Waals surface area contributed by atoms with Crippen LogP contribution in [0.3, 0.4) is 0 Å². The number of methoxy groups -OCH3 is 1. The molecule has 0 amide bonds. The summed E-state index contributed by atoms with van der Waals surface area (Å²) in [5.41, 5.74) is 3.56. The van der Waals surface area contributed by atoms with Crippen LogP contribution in [0.2, 0.25) is 0 Å². The SMILES string of the molecule is COc1ccc(C2=NN(c3ccccc3)[C@H](c3ccccc3F)C2)cc1. The first-order valence-corrected chi connectivity index (χ1v) is 8.57. The standard InChI is InChI=1S/C22H19FN2O/c1-26-18-13-11-16(12-14-18)21-15-22(19-9-5-6-10-20(19)23)25(24-21)17-7-3-2-4-8-17/h2-14,22H,15H2,1H3/t22-/m0/s1. The zero-order chi connectivity index (χ0) is 17.9. The molecule has 3 nitrogen and oxygen atoms in total. The minimum atomic E-state index is -0.204. The Bertz CT molecular complexity index is 922. The average Bonchev–Trinajstić information content (AvgIpc) is 3.14. The molecular weight excluding hydrogens is 327 g/mol. The first-order chi connectivity index (χ1) is 12.8. The summed E-state index contributed by atoms with van der Waals surface area (Å²) >= 11 is 0. The quantitative estimate of drug-likeness (QED) is 0.649. The number of para-hydroxylation sites is 1. The third-order valence-electron chi connectivity index (χ3n) is 4.62. The van der Waals surface area contributed by atoms with Crippen molar-refractivity contribution in [1.82, 2.24) is 0 Å². The summed E-state index contributed by atoms with van der Waals surface area (Å²) in [6, 6.07) is 24.5. The van der Waals surface area contributed by atoms with Crippen molar-refractivity contribution >= 4 is 11.4 Å². The van der Waals surface area contributed by atoms with Crippen molar-refractivity contribution in [3.8, 4) is 5.75 Å². The second-order valence-electron chi connectivity index (χ2n) is 6.20. The fourth-order valence-corrected chi connectivity index (χ4v) is 3.27. The number of anilines is 1. The monoisotopic (exact) mass is 346 g/mol. The number of halogens is 1. The van der Waals surface area contributed by atoms with Gasteiger partial charge in [0.05, 0.1) is 24.6 Å². The Kier molecular flexibility index (Phi) is 4.40. The molecule has 130 valence electrons. The van der Waals surface area contributed by atoms with Gasteiger partial charge in [0.15, 0.2) is 0 Å². The number of hydrogen-bond donors (Lipinski definition) is 0. The second-order valence-corrected chi connectivity index (χ2v) is 6.20. The van der Waals surface area contributed by atoms with Gasteiger partial charge in [-0.15, -0.1) is 0 Å². The number of hydrogen-bond acceptors (Lipinski definition) is 3. The summed E-state index contributed by atoms with van der Waals surface area (Å²) < 4.78 is 19.7. The lowest BCUT2D eigenvalue weighted by Crippen LogP contribution is -2.19. The molecule has 0 N–H and O–H groups in total. The Morgan fingerprint density at radius 3 is 2.31 bits per heavy atom. The van der Waals surface area contributed by atoms with Gasteiger partial charge in [0.25, 0.3) is 0 Å².